The van der Waals surface area contributed by atoms with Crippen LogP contribution in [-0.4, -0.2) is 27.9 Å². The zero-order valence-electron chi connectivity index (χ0n) is 12.6. The summed E-state index contributed by atoms with van der Waals surface area (Å²) in [5, 5.41) is 4.59. The number of aromatic nitrogens is 3. The van der Waals surface area contributed by atoms with E-state index in [1.54, 1.807) is 7.11 Å². The first-order valence-electron chi connectivity index (χ1n) is 6.79. The molecule has 2 aromatic rings. The molecule has 2 rings (SSSR count). The van der Waals surface area contributed by atoms with Crippen molar-refractivity contribution < 1.29 is 4.74 Å². The lowest BCUT2D eigenvalue weighted by Gasteiger charge is -2.08. The molecule has 0 spiro atoms. The smallest absolute Gasteiger partial charge is 0.213 e. The van der Waals surface area contributed by atoms with Crippen molar-refractivity contribution in [3.05, 3.63) is 40.8 Å². The molecule has 0 aromatic carbocycles. The summed E-state index contributed by atoms with van der Waals surface area (Å²) in [6.07, 6.45) is 0.850. The molecular weight excluding hydrogens is 252 g/mol. The van der Waals surface area contributed by atoms with Crippen LogP contribution in [0.2, 0.25) is 0 Å². The van der Waals surface area contributed by atoms with Crippen molar-refractivity contribution in [3.8, 4) is 5.88 Å². The maximum Gasteiger partial charge on any atom is 0.213 e. The highest BCUT2D eigenvalue weighted by atomic mass is 16.5. The molecule has 2 aromatic heterocycles. The van der Waals surface area contributed by atoms with Gasteiger partial charge in [-0.3, -0.25) is 4.68 Å². The number of pyridine rings is 1. The fourth-order valence-electron chi connectivity index (χ4n) is 2.32. The third-order valence-corrected chi connectivity index (χ3v) is 3.36. The Hall–Kier alpha value is -1.88. The Kier molecular flexibility index (Phi) is 4.39. The minimum atomic E-state index is 0.139. The Balaban J connectivity index is 2.25. The van der Waals surface area contributed by atoms with Crippen LogP contribution in [0.1, 0.15) is 29.6 Å². The predicted octanol–water partition coefficient (Wildman–Crippen LogP) is 1.84. The van der Waals surface area contributed by atoms with Gasteiger partial charge in [0, 0.05) is 17.8 Å². The molecule has 0 saturated carbocycles. The lowest BCUT2D eigenvalue weighted by atomic mass is 10.1. The molecule has 0 aliphatic heterocycles. The van der Waals surface area contributed by atoms with Gasteiger partial charge in [-0.25, -0.2) is 4.98 Å². The minimum Gasteiger partial charge on any atom is -0.481 e. The third kappa shape index (κ3) is 3.17. The van der Waals surface area contributed by atoms with E-state index in [2.05, 4.69) is 17.0 Å². The molecule has 1 atom stereocenters. The lowest BCUT2D eigenvalue weighted by Crippen LogP contribution is -2.18. The molecule has 0 aliphatic carbocycles. The standard InChI is InChI=1S/C15H22N4O/c1-10(16)8-14-11(2)18-19(12(14)3)9-13-6-5-7-15(17-13)20-4/h5-7,10H,8-9,16H2,1-4H3. The largest absolute Gasteiger partial charge is 0.481 e. The van der Waals surface area contributed by atoms with E-state index in [0.29, 0.717) is 12.4 Å². The summed E-state index contributed by atoms with van der Waals surface area (Å²) < 4.78 is 7.13. The zero-order chi connectivity index (χ0) is 14.7. The molecule has 20 heavy (non-hydrogen) atoms. The van der Waals surface area contributed by atoms with Crippen molar-refractivity contribution in [1.29, 1.82) is 0 Å². The van der Waals surface area contributed by atoms with E-state index in [-0.39, 0.29) is 6.04 Å². The maximum atomic E-state index is 5.90. The number of rotatable bonds is 5. The molecule has 0 saturated heterocycles. The molecular formula is C15H22N4O. The quantitative estimate of drug-likeness (QED) is 0.903. The molecule has 0 radical (unpaired) electrons. The lowest BCUT2D eigenvalue weighted by molar-refractivity contribution is 0.395. The number of hydrogen-bond donors (Lipinski definition) is 1. The average molecular weight is 274 g/mol. The summed E-state index contributed by atoms with van der Waals surface area (Å²) >= 11 is 0. The van der Waals surface area contributed by atoms with Gasteiger partial charge < -0.3 is 10.5 Å². The number of methoxy groups -OCH3 is 1. The van der Waals surface area contributed by atoms with Gasteiger partial charge in [-0.2, -0.15) is 5.10 Å². The summed E-state index contributed by atoms with van der Waals surface area (Å²) in [6.45, 7) is 6.76. The molecule has 2 heterocycles. The van der Waals surface area contributed by atoms with E-state index in [1.165, 1.54) is 5.56 Å². The van der Waals surface area contributed by atoms with Crippen LogP contribution in [0.3, 0.4) is 0 Å². The highest BCUT2D eigenvalue weighted by Gasteiger charge is 2.13. The Bertz CT molecular complexity index is 590. The van der Waals surface area contributed by atoms with Crippen LogP contribution in [0.25, 0.3) is 0 Å². The fourth-order valence-corrected chi connectivity index (χ4v) is 2.32. The summed E-state index contributed by atoms with van der Waals surface area (Å²) in [4.78, 5) is 4.42. The fraction of sp³-hybridized carbons (Fsp3) is 0.467. The van der Waals surface area contributed by atoms with E-state index in [9.17, 15) is 0 Å². The normalized spacial score (nSPS) is 12.4. The summed E-state index contributed by atoms with van der Waals surface area (Å²) in [5.74, 6) is 0.625. The monoisotopic (exact) mass is 274 g/mol. The minimum absolute atomic E-state index is 0.139. The highest BCUT2D eigenvalue weighted by Crippen LogP contribution is 2.16. The van der Waals surface area contributed by atoms with Crippen LogP contribution < -0.4 is 10.5 Å². The van der Waals surface area contributed by atoms with Gasteiger partial charge in [-0.1, -0.05) is 6.07 Å². The predicted molar refractivity (Wildman–Crippen MR) is 78.9 cm³/mol. The summed E-state index contributed by atoms with van der Waals surface area (Å²) in [5.41, 5.74) is 10.3. The number of hydrogen-bond acceptors (Lipinski definition) is 4. The van der Waals surface area contributed by atoms with Crippen LogP contribution in [0.5, 0.6) is 5.88 Å². The van der Waals surface area contributed by atoms with Crippen molar-refractivity contribution in [2.75, 3.05) is 7.11 Å². The molecule has 0 aliphatic rings. The second-order valence-corrected chi connectivity index (χ2v) is 5.16. The first-order valence-corrected chi connectivity index (χ1v) is 6.79. The Morgan fingerprint density at radius 1 is 1.35 bits per heavy atom. The molecule has 0 fully saturated rings. The van der Waals surface area contributed by atoms with Crippen molar-refractivity contribution >= 4 is 0 Å². The van der Waals surface area contributed by atoms with Crippen molar-refractivity contribution in [1.82, 2.24) is 14.8 Å². The number of ether oxygens (including phenoxy) is 1. The van der Waals surface area contributed by atoms with E-state index in [1.807, 2.05) is 36.7 Å². The first-order chi connectivity index (χ1) is 9.51. The third-order valence-electron chi connectivity index (χ3n) is 3.36. The average Bonchev–Trinajstić information content (AvgIpc) is 2.66. The van der Waals surface area contributed by atoms with Crippen LogP contribution in [0.15, 0.2) is 18.2 Å². The van der Waals surface area contributed by atoms with Gasteiger partial charge in [0.1, 0.15) is 0 Å². The number of aryl methyl sites for hydroxylation is 1. The van der Waals surface area contributed by atoms with E-state index in [0.717, 1.165) is 23.5 Å². The van der Waals surface area contributed by atoms with E-state index in [4.69, 9.17) is 10.5 Å². The van der Waals surface area contributed by atoms with Crippen LogP contribution in [0.4, 0.5) is 0 Å². The second kappa shape index (κ2) is 6.05. The molecule has 2 N–H and O–H groups in total. The molecule has 108 valence electrons. The zero-order valence-corrected chi connectivity index (χ0v) is 12.6. The molecule has 5 heteroatoms. The highest BCUT2D eigenvalue weighted by molar-refractivity contribution is 5.26. The van der Waals surface area contributed by atoms with Crippen molar-refractivity contribution in [2.24, 2.45) is 5.73 Å². The molecule has 5 nitrogen and oxygen atoms in total. The van der Waals surface area contributed by atoms with Gasteiger partial charge in [0.2, 0.25) is 5.88 Å². The van der Waals surface area contributed by atoms with Crippen molar-refractivity contribution in [3.63, 3.8) is 0 Å². The van der Waals surface area contributed by atoms with Gasteiger partial charge in [0.25, 0.3) is 0 Å². The number of nitrogens with two attached hydrogens (primary N) is 1. The second-order valence-electron chi connectivity index (χ2n) is 5.16. The van der Waals surface area contributed by atoms with Gasteiger partial charge in [-0.05, 0) is 38.8 Å². The number of nitrogens with zero attached hydrogens (tertiary/aromatic N) is 3. The molecule has 0 amide bonds. The van der Waals surface area contributed by atoms with E-state index >= 15 is 0 Å². The maximum absolute atomic E-state index is 5.90. The summed E-state index contributed by atoms with van der Waals surface area (Å²) in [6, 6.07) is 5.89. The van der Waals surface area contributed by atoms with Gasteiger partial charge in [0.05, 0.1) is 25.0 Å². The van der Waals surface area contributed by atoms with Crippen LogP contribution >= 0.6 is 0 Å². The van der Waals surface area contributed by atoms with Gasteiger partial charge >= 0.3 is 0 Å². The first kappa shape index (κ1) is 14.5. The summed E-state index contributed by atoms with van der Waals surface area (Å²) in [7, 11) is 1.62. The van der Waals surface area contributed by atoms with Crippen molar-refractivity contribution in [2.45, 2.75) is 39.8 Å². The molecule has 0 bridgehead atoms. The molecule has 1 unspecified atom stereocenters. The Morgan fingerprint density at radius 2 is 2.10 bits per heavy atom. The topological polar surface area (TPSA) is 66.0 Å². The van der Waals surface area contributed by atoms with Gasteiger partial charge in [-0.15, -0.1) is 0 Å². The Morgan fingerprint density at radius 3 is 2.75 bits per heavy atom. The Labute approximate surface area is 119 Å². The SMILES string of the molecule is COc1cccc(Cn2nc(C)c(CC(C)N)c2C)n1. The van der Waals surface area contributed by atoms with Gasteiger partial charge in [0.15, 0.2) is 0 Å². The van der Waals surface area contributed by atoms with E-state index < -0.39 is 0 Å². The van der Waals surface area contributed by atoms with Crippen LogP contribution in [0, 0.1) is 13.8 Å². The van der Waals surface area contributed by atoms with Crippen LogP contribution in [-0.2, 0) is 13.0 Å².